The number of hydrogen-bond acceptors (Lipinski definition) is 1. The third-order valence-electron chi connectivity index (χ3n) is 3.70. The lowest BCUT2D eigenvalue weighted by Gasteiger charge is -2.40. The SMILES string of the molecule is CC(C)C1C(C(F)F)CCCCN1C(C)C. The molecule has 1 aliphatic heterocycles. The van der Waals surface area contributed by atoms with Gasteiger partial charge in [-0.05, 0) is 39.2 Å². The molecule has 1 heterocycles. The van der Waals surface area contributed by atoms with E-state index in [4.69, 9.17) is 0 Å². The van der Waals surface area contributed by atoms with Gasteiger partial charge in [0.1, 0.15) is 0 Å². The first-order valence-electron chi connectivity index (χ1n) is 6.49. The molecule has 0 aromatic carbocycles. The minimum absolute atomic E-state index is 0.0440. The van der Waals surface area contributed by atoms with Gasteiger partial charge in [-0.25, -0.2) is 8.78 Å². The second kappa shape index (κ2) is 5.95. The predicted molar refractivity (Wildman–Crippen MR) is 63.8 cm³/mol. The summed E-state index contributed by atoms with van der Waals surface area (Å²) in [5, 5.41) is 0. The molecular formula is C13H25F2N. The van der Waals surface area contributed by atoms with Gasteiger partial charge in [0, 0.05) is 18.0 Å². The molecule has 1 nitrogen and oxygen atoms in total. The molecule has 0 N–H and O–H groups in total. The quantitative estimate of drug-likeness (QED) is 0.717. The van der Waals surface area contributed by atoms with Gasteiger partial charge in [-0.2, -0.15) is 0 Å². The average molecular weight is 233 g/mol. The van der Waals surface area contributed by atoms with Crippen LogP contribution in [0, 0.1) is 11.8 Å². The van der Waals surface area contributed by atoms with Crippen LogP contribution in [0.15, 0.2) is 0 Å². The van der Waals surface area contributed by atoms with Crippen LogP contribution in [0.1, 0.15) is 47.0 Å². The van der Waals surface area contributed by atoms with Gasteiger partial charge in [0.25, 0.3) is 0 Å². The molecule has 1 aliphatic rings. The molecule has 0 aliphatic carbocycles. The van der Waals surface area contributed by atoms with Crippen molar-refractivity contribution < 1.29 is 8.78 Å². The van der Waals surface area contributed by atoms with Gasteiger partial charge < -0.3 is 0 Å². The van der Waals surface area contributed by atoms with Gasteiger partial charge >= 0.3 is 0 Å². The lowest BCUT2D eigenvalue weighted by atomic mass is 9.86. The fourth-order valence-corrected chi connectivity index (χ4v) is 3.00. The summed E-state index contributed by atoms with van der Waals surface area (Å²) >= 11 is 0. The lowest BCUT2D eigenvalue weighted by Crippen LogP contribution is -2.48. The topological polar surface area (TPSA) is 3.24 Å². The number of nitrogens with zero attached hydrogens (tertiary/aromatic N) is 1. The number of hydrogen-bond donors (Lipinski definition) is 0. The van der Waals surface area contributed by atoms with Gasteiger partial charge in [0.05, 0.1) is 0 Å². The first-order chi connectivity index (χ1) is 7.45. The zero-order valence-electron chi connectivity index (χ0n) is 10.9. The Morgan fingerprint density at radius 2 is 1.69 bits per heavy atom. The zero-order chi connectivity index (χ0) is 12.3. The highest BCUT2D eigenvalue weighted by Crippen LogP contribution is 2.33. The van der Waals surface area contributed by atoms with E-state index in [1.165, 1.54) is 0 Å². The Balaban J connectivity index is 2.89. The lowest BCUT2D eigenvalue weighted by molar-refractivity contribution is -0.00858. The highest BCUT2D eigenvalue weighted by Gasteiger charge is 2.37. The number of halogens is 2. The molecule has 1 saturated heterocycles. The second-order valence-corrected chi connectivity index (χ2v) is 5.56. The van der Waals surface area contributed by atoms with E-state index in [0.717, 1.165) is 19.4 Å². The Morgan fingerprint density at radius 3 is 2.12 bits per heavy atom. The van der Waals surface area contributed by atoms with Crippen LogP contribution in [-0.4, -0.2) is 30.0 Å². The summed E-state index contributed by atoms with van der Waals surface area (Å²) in [6.45, 7) is 9.34. The van der Waals surface area contributed by atoms with Gasteiger partial charge in [0.15, 0.2) is 0 Å². The molecule has 1 fully saturated rings. The molecule has 0 radical (unpaired) electrons. The molecule has 1 rings (SSSR count). The summed E-state index contributed by atoms with van der Waals surface area (Å²) in [6, 6.07) is 0.411. The Bertz CT molecular complexity index is 186. The first-order valence-corrected chi connectivity index (χ1v) is 6.49. The Kier molecular flexibility index (Phi) is 5.16. The average Bonchev–Trinajstić information content (AvgIpc) is 2.38. The maximum absolute atomic E-state index is 13.1. The molecule has 2 unspecified atom stereocenters. The van der Waals surface area contributed by atoms with Gasteiger partial charge in [-0.1, -0.05) is 20.3 Å². The summed E-state index contributed by atoms with van der Waals surface area (Å²) in [5.74, 6) is -0.135. The third kappa shape index (κ3) is 3.16. The highest BCUT2D eigenvalue weighted by molar-refractivity contribution is 4.87. The van der Waals surface area contributed by atoms with Crippen LogP contribution < -0.4 is 0 Å². The van der Waals surface area contributed by atoms with E-state index >= 15 is 0 Å². The van der Waals surface area contributed by atoms with Crippen LogP contribution in [0.4, 0.5) is 8.78 Å². The third-order valence-corrected chi connectivity index (χ3v) is 3.70. The molecule has 0 aromatic heterocycles. The summed E-state index contributed by atoms with van der Waals surface area (Å²) in [7, 11) is 0. The van der Waals surface area contributed by atoms with Crippen molar-refractivity contribution in [3.63, 3.8) is 0 Å². The van der Waals surface area contributed by atoms with Gasteiger partial charge in [0.2, 0.25) is 6.43 Å². The van der Waals surface area contributed by atoms with Crippen molar-refractivity contribution in [2.24, 2.45) is 11.8 Å². The Hall–Kier alpha value is -0.180. The molecule has 3 heteroatoms. The highest BCUT2D eigenvalue weighted by atomic mass is 19.3. The summed E-state index contributed by atoms with van der Waals surface area (Å²) in [6.07, 6.45) is 0.516. The molecule has 0 bridgehead atoms. The molecule has 96 valence electrons. The molecule has 0 saturated carbocycles. The maximum atomic E-state index is 13.1. The standard InChI is InChI=1S/C13H25F2N/c1-9(2)12-11(13(14)15)7-5-6-8-16(12)10(3)4/h9-13H,5-8H2,1-4H3. The van der Waals surface area contributed by atoms with Crippen LogP contribution in [-0.2, 0) is 0 Å². The largest absolute Gasteiger partial charge is 0.297 e. The van der Waals surface area contributed by atoms with Gasteiger partial charge in [-0.3, -0.25) is 4.90 Å². The fourth-order valence-electron chi connectivity index (χ4n) is 3.00. The van der Waals surface area contributed by atoms with Crippen molar-refractivity contribution in [1.29, 1.82) is 0 Å². The number of likely N-dealkylation sites (tertiary alicyclic amines) is 1. The van der Waals surface area contributed by atoms with Crippen molar-refractivity contribution >= 4 is 0 Å². The van der Waals surface area contributed by atoms with Crippen molar-refractivity contribution in [3.05, 3.63) is 0 Å². The number of alkyl halides is 2. The minimum atomic E-state index is -2.17. The Morgan fingerprint density at radius 1 is 1.06 bits per heavy atom. The fraction of sp³-hybridized carbons (Fsp3) is 1.00. The van der Waals surface area contributed by atoms with E-state index in [2.05, 4.69) is 32.6 Å². The second-order valence-electron chi connectivity index (χ2n) is 5.56. The molecule has 2 atom stereocenters. The van der Waals surface area contributed by atoms with Gasteiger partial charge in [-0.15, -0.1) is 0 Å². The van der Waals surface area contributed by atoms with E-state index in [-0.39, 0.29) is 6.04 Å². The van der Waals surface area contributed by atoms with Crippen LogP contribution in [0.3, 0.4) is 0 Å². The van der Waals surface area contributed by atoms with Crippen LogP contribution >= 0.6 is 0 Å². The maximum Gasteiger partial charge on any atom is 0.242 e. The van der Waals surface area contributed by atoms with Crippen LogP contribution in [0.25, 0.3) is 0 Å². The monoisotopic (exact) mass is 233 g/mol. The van der Waals surface area contributed by atoms with Crippen LogP contribution in [0.2, 0.25) is 0 Å². The van der Waals surface area contributed by atoms with E-state index in [0.29, 0.717) is 18.4 Å². The summed E-state index contributed by atoms with van der Waals surface area (Å²) < 4.78 is 26.2. The van der Waals surface area contributed by atoms with Crippen molar-refractivity contribution in [1.82, 2.24) is 4.90 Å². The van der Waals surface area contributed by atoms with Crippen LogP contribution in [0.5, 0.6) is 0 Å². The summed E-state index contributed by atoms with van der Waals surface area (Å²) in [5.41, 5.74) is 0. The van der Waals surface area contributed by atoms with Crippen molar-refractivity contribution in [3.8, 4) is 0 Å². The van der Waals surface area contributed by atoms with E-state index < -0.39 is 12.3 Å². The van der Waals surface area contributed by atoms with Crippen molar-refractivity contribution in [2.75, 3.05) is 6.54 Å². The molecule has 0 spiro atoms. The normalized spacial score (nSPS) is 29.1. The molecular weight excluding hydrogens is 208 g/mol. The predicted octanol–water partition coefficient (Wildman–Crippen LogP) is 3.79. The zero-order valence-corrected chi connectivity index (χ0v) is 10.9. The molecule has 16 heavy (non-hydrogen) atoms. The smallest absolute Gasteiger partial charge is 0.242 e. The number of rotatable bonds is 3. The first kappa shape index (κ1) is 13.9. The molecule has 0 amide bonds. The molecule has 0 aromatic rings. The van der Waals surface area contributed by atoms with E-state index in [1.807, 2.05) is 0 Å². The van der Waals surface area contributed by atoms with E-state index in [9.17, 15) is 8.78 Å². The minimum Gasteiger partial charge on any atom is -0.297 e. The summed E-state index contributed by atoms with van der Waals surface area (Å²) in [4.78, 5) is 2.29. The Labute approximate surface area is 98.2 Å². The van der Waals surface area contributed by atoms with Crippen molar-refractivity contribution in [2.45, 2.75) is 65.5 Å². The van der Waals surface area contributed by atoms with E-state index in [1.54, 1.807) is 0 Å².